The zero-order chi connectivity index (χ0) is 16.2. The minimum absolute atomic E-state index is 0.148. The normalized spacial score (nSPS) is 10.5. The molecule has 0 saturated carbocycles. The molecule has 6 heteroatoms. The maximum absolute atomic E-state index is 12.2. The largest absolute Gasteiger partial charge is 0.444 e. The van der Waals surface area contributed by atoms with Crippen LogP contribution < -0.4 is 5.32 Å². The van der Waals surface area contributed by atoms with E-state index in [0.717, 1.165) is 14.5 Å². The van der Waals surface area contributed by atoms with Crippen molar-refractivity contribution in [2.24, 2.45) is 0 Å². The van der Waals surface area contributed by atoms with Gasteiger partial charge in [0.15, 0.2) is 0 Å². The second kappa shape index (κ2) is 7.10. The number of carbonyl (C=O) groups is 1. The highest BCUT2D eigenvalue weighted by Crippen LogP contribution is 2.26. The molecule has 116 valence electrons. The third-order valence-corrected chi connectivity index (χ3v) is 4.30. The maximum Gasteiger partial charge on any atom is 0.230 e. The van der Waals surface area contributed by atoms with Crippen LogP contribution in [-0.4, -0.2) is 10.9 Å². The summed E-state index contributed by atoms with van der Waals surface area (Å²) in [5.41, 5.74) is 2.18. The van der Waals surface area contributed by atoms with Crippen LogP contribution in [0.5, 0.6) is 0 Å². The van der Waals surface area contributed by atoms with Gasteiger partial charge in [0.05, 0.1) is 17.8 Å². The lowest BCUT2D eigenvalue weighted by molar-refractivity contribution is -0.115. The van der Waals surface area contributed by atoms with Crippen LogP contribution in [0.2, 0.25) is 0 Å². The Morgan fingerprint density at radius 1 is 1.13 bits per heavy atom. The van der Waals surface area contributed by atoms with Gasteiger partial charge in [-0.05, 0) is 46.3 Å². The summed E-state index contributed by atoms with van der Waals surface area (Å²) in [6, 6.07) is 15.2. The number of rotatable bonds is 4. The number of benzene rings is 2. The lowest BCUT2D eigenvalue weighted by Crippen LogP contribution is -2.15. The molecule has 0 unspecified atom stereocenters. The minimum Gasteiger partial charge on any atom is -0.444 e. The smallest absolute Gasteiger partial charge is 0.230 e. The molecule has 1 amide bonds. The lowest BCUT2D eigenvalue weighted by atomic mass is 10.2. The van der Waals surface area contributed by atoms with Crippen molar-refractivity contribution in [3.63, 3.8) is 0 Å². The van der Waals surface area contributed by atoms with Crippen molar-refractivity contribution in [3.8, 4) is 11.5 Å². The van der Waals surface area contributed by atoms with Crippen LogP contribution >= 0.6 is 31.9 Å². The third kappa shape index (κ3) is 4.09. The van der Waals surface area contributed by atoms with Gasteiger partial charge < -0.3 is 9.73 Å². The summed E-state index contributed by atoms with van der Waals surface area (Å²) in [6.07, 6.45) is 1.66. The summed E-state index contributed by atoms with van der Waals surface area (Å²) < 4.78 is 7.15. The second-order valence-corrected chi connectivity index (χ2v) is 6.63. The van der Waals surface area contributed by atoms with Crippen molar-refractivity contribution in [3.05, 3.63) is 69.4 Å². The Bertz CT molecular complexity index is 832. The highest BCUT2D eigenvalue weighted by Gasteiger charge is 2.12. The average Bonchev–Trinajstić information content (AvgIpc) is 3.00. The monoisotopic (exact) mass is 434 g/mol. The fourth-order valence-electron chi connectivity index (χ4n) is 2.05. The van der Waals surface area contributed by atoms with Gasteiger partial charge in [-0.15, -0.1) is 0 Å². The van der Waals surface area contributed by atoms with Crippen molar-refractivity contribution in [2.75, 3.05) is 5.32 Å². The number of carbonyl (C=O) groups excluding carboxylic acids is 1. The molecule has 1 N–H and O–H groups in total. The molecule has 0 aliphatic carbocycles. The van der Waals surface area contributed by atoms with E-state index in [9.17, 15) is 4.79 Å². The van der Waals surface area contributed by atoms with E-state index in [2.05, 4.69) is 42.2 Å². The summed E-state index contributed by atoms with van der Waals surface area (Å²) in [4.78, 5) is 16.5. The number of amides is 1. The van der Waals surface area contributed by atoms with E-state index in [1.54, 1.807) is 0 Å². The second-order valence-electron chi connectivity index (χ2n) is 4.86. The highest BCUT2D eigenvalue weighted by molar-refractivity contribution is 9.11. The molecule has 2 aromatic carbocycles. The molecule has 3 rings (SSSR count). The van der Waals surface area contributed by atoms with Crippen LogP contribution in [0.1, 0.15) is 5.69 Å². The Morgan fingerprint density at radius 2 is 1.91 bits per heavy atom. The van der Waals surface area contributed by atoms with Gasteiger partial charge in [-0.2, -0.15) is 0 Å². The quantitative estimate of drug-likeness (QED) is 0.623. The van der Waals surface area contributed by atoms with Crippen LogP contribution in [0.25, 0.3) is 11.5 Å². The van der Waals surface area contributed by atoms with Crippen molar-refractivity contribution < 1.29 is 9.21 Å². The van der Waals surface area contributed by atoms with Crippen LogP contribution in [0.4, 0.5) is 5.69 Å². The van der Waals surface area contributed by atoms with Gasteiger partial charge in [0, 0.05) is 14.5 Å². The van der Waals surface area contributed by atoms with E-state index in [1.165, 1.54) is 6.26 Å². The maximum atomic E-state index is 12.2. The topological polar surface area (TPSA) is 55.1 Å². The standard InChI is InChI=1S/C17H12Br2N2O2/c18-12-6-7-14(19)15(8-12)21-16(22)9-13-10-23-17(20-13)11-4-2-1-3-5-11/h1-8,10H,9H2,(H,21,22). The summed E-state index contributed by atoms with van der Waals surface area (Å²) in [6.45, 7) is 0. The number of hydrogen-bond acceptors (Lipinski definition) is 3. The van der Waals surface area contributed by atoms with Gasteiger partial charge >= 0.3 is 0 Å². The average molecular weight is 436 g/mol. The molecule has 1 heterocycles. The van der Waals surface area contributed by atoms with Crippen molar-refractivity contribution >= 4 is 43.5 Å². The third-order valence-electron chi connectivity index (χ3n) is 3.12. The number of aromatic nitrogens is 1. The predicted molar refractivity (Wildman–Crippen MR) is 96.1 cm³/mol. The highest BCUT2D eigenvalue weighted by atomic mass is 79.9. The molecular weight excluding hydrogens is 424 g/mol. The first-order valence-corrected chi connectivity index (χ1v) is 8.45. The molecule has 0 aliphatic heterocycles. The first-order valence-electron chi connectivity index (χ1n) is 6.86. The Labute approximate surface area is 150 Å². The molecule has 0 aliphatic rings. The number of oxazole rings is 1. The molecule has 0 fully saturated rings. The molecule has 0 bridgehead atoms. The summed E-state index contributed by atoms with van der Waals surface area (Å²) in [7, 11) is 0. The van der Waals surface area contributed by atoms with E-state index < -0.39 is 0 Å². The Hall–Kier alpha value is -1.92. The van der Waals surface area contributed by atoms with Gasteiger partial charge in [0.2, 0.25) is 11.8 Å². The predicted octanol–water partition coefficient (Wildman–Crippen LogP) is 5.05. The van der Waals surface area contributed by atoms with Crippen LogP contribution in [0.15, 0.2) is 68.2 Å². The Balaban J connectivity index is 1.69. The molecule has 0 radical (unpaired) electrons. The Morgan fingerprint density at radius 3 is 2.70 bits per heavy atom. The van der Waals surface area contributed by atoms with Crippen molar-refractivity contribution in [1.82, 2.24) is 4.98 Å². The molecular formula is C17H12Br2N2O2. The summed E-state index contributed by atoms with van der Waals surface area (Å²) >= 11 is 6.79. The molecule has 0 spiro atoms. The van der Waals surface area contributed by atoms with Crippen LogP contribution in [0.3, 0.4) is 0 Å². The van der Waals surface area contributed by atoms with Crippen molar-refractivity contribution in [2.45, 2.75) is 6.42 Å². The molecule has 0 saturated heterocycles. The van der Waals surface area contributed by atoms with E-state index in [-0.39, 0.29) is 12.3 Å². The van der Waals surface area contributed by atoms with E-state index in [0.29, 0.717) is 17.3 Å². The molecule has 1 aromatic heterocycles. The number of nitrogens with one attached hydrogen (secondary N) is 1. The van der Waals surface area contributed by atoms with Crippen molar-refractivity contribution in [1.29, 1.82) is 0 Å². The van der Waals surface area contributed by atoms with E-state index >= 15 is 0 Å². The number of anilines is 1. The first-order chi connectivity index (χ1) is 11.1. The molecule has 23 heavy (non-hydrogen) atoms. The molecule has 4 nitrogen and oxygen atoms in total. The summed E-state index contributed by atoms with van der Waals surface area (Å²) in [5, 5.41) is 2.85. The van der Waals surface area contributed by atoms with Gasteiger partial charge in [-0.1, -0.05) is 34.1 Å². The fraction of sp³-hybridized carbons (Fsp3) is 0.0588. The van der Waals surface area contributed by atoms with Crippen LogP contribution in [0, 0.1) is 0 Å². The lowest BCUT2D eigenvalue weighted by Gasteiger charge is -2.06. The molecule has 3 aromatic rings. The van der Waals surface area contributed by atoms with Gasteiger partial charge in [-0.3, -0.25) is 4.79 Å². The van der Waals surface area contributed by atoms with E-state index in [4.69, 9.17) is 4.42 Å². The van der Waals surface area contributed by atoms with E-state index in [1.807, 2.05) is 48.5 Å². The van der Waals surface area contributed by atoms with Gasteiger partial charge in [0.1, 0.15) is 6.26 Å². The fourth-order valence-corrected chi connectivity index (χ4v) is 2.76. The SMILES string of the molecule is O=C(Cc1coc(-c2ccccc2)n1)Nc1cc(Br)ccc1Br. The van der Waals surface area contributed by atoms with Crippen LogP contribution in [-0.2, 0) is 11.2 Å². The number of nitrogens with zero attached hydrogens (tertiary/aromatic N) is 1. The number of halogens is 2. The van der Waals surface area contributed by atoms with Gasteiger partial charge in [0.25, 0.3) is 0 Å². The number of hydrogen-bond donors (Lipinski definition) is 1. The first kappa shape index (κ1) is 16.0. The minimum atomic E-state index is -0.156. The Kier molecular flexibility index (Phi) is 4.93. The zero-order valence-electron chi connectivity index (χ0n) is 11.9. The zero-order valence-corrected chi connectivity index (χ0v) is 15.1. The molecule has 0 atom stereocenters. The summed E-state index contributed by atoms with van der Waals surface area (Å²) in [5.74, 6) is 0.355. The van der Waals surface area contributed by atoms with Gasteiger partial charge in [-0.25, -0.2) is 4.98 Å².